The molecule has 0 radical (unpaired) electrons. The number of anilines is 1. The maximum Gasteiger partial charge on any atom is 0.262 e. The van der Waals surface area contributed by atoms with Crippen molar-refractivity contribution in [2.24, 2.45) is 0 Å². The Hall–Kier alpha value is -0.830. The Kier molecular flexibility index (Phi) is 5.13. The zero-order valence-corrected chi connectivity index (χ0v) is 14.8. The standard InChI is InChI=1S/C13H8Cl2INO3S/c14-11-7-10(5-6-12(11)21(15,19)20)17-13(18)8-1-3-9(16)4-2-8/h1-7H,(H,17,18). The molecular formula is C13H8Cl2INO3S. The van der Waals surface area contributed by atoms with Gasteiger partial charge in [0.2, 0.25) is 0 Å². The maximum atomic E-state index is 12.0. The van der Waals surface area contributed by atoms with Gasteiger partial charge in [-0.3, -0.25) is 4.79 Å². The zero-order valence-electron chi connectivity index (χ0n) is 10.3. The number of carbonyl (C=O) groups excluding carboxylic acids is 1. The number of benzene rings is 2. The van der Waals surface area contributed by atoms with Gasteiger partial charge >= 0.3 is 0 Å². The molecule has 0 saturated carbocycles. The lowest BCUT2D eigenvalue weighted by Crippen LogP contribution is -2.11. The van der Waals surface area contributed by atoms with Gasteiger partial charge in [-0.2, -0.15) is 0 Å². The van der Waals surface area contributed by atoms with Crippen LogP contribution < -0.4 is 5.32 Å². The summed E-state index contributed by atoms with van der Waals surface area (Å²) < 4.78 is 23.5. The lowest BCUT2D eigenvalue weighted by molar-refractivity contribution is 0.102. The van der Waals surface area contributed by atoms with Crippen molar-refractivity contribution >= 4 is 65.5 Å². The molecule has 0 heterocycles. The van der Waals surface area contributed by atoms with Gasteiger partial charge in [-0.25, -0.2) is 8.42 Å². The Morgan fingerprint density at radius 2 is 1.71 bits per heavy atom. The number of hydrogen-bond acceptors (Lipinski definition) is 3. The van der Waals surface area contributed by atoms with Gasteiger partial charge in [-0.1, -0.05) is 11.6 Å². The molecule has 1 N–H and O–H groups in total. The van der Waals surface area contributed by atoms with Gasteiger partial charge in [0.15, 0.2) is 0 Å². The molecule has 0 spiro atoms. The van der Waals surface area contributed by atoms with Crippen LogP contribution in [0.3, 0.4) is 0 Å². The summed E-state index contributed by atoms with van der Waals surface area (Å²) in [6, 6.07) is 11.0. The molecule has 110 valence electrons. The molecule has 4 nitrogen and oxygen atoms in total. The first kappa shape index (κ1) is 16.5. The smallest absolute Gasteiger partial charge is 0.262 e. The number of hydrogen-bond donors (Lipinski definition) is 1. The van der Waals surface area contributed by atoms with Crippen molar-refractivity contribution in [2.45, 2.75) is 4.90 Å². The predicted octanol–water partition coefficient (Wildman–Crippen LogP) is 4.12. The molecule has 0 bridgehead atoms. The van der Waals surface area contributed by atoms with Gasteiger partial charge in [-0.15, -0.1) is 0 Å². The third kappa shape index (κ3) is 4.32. The summed E-state index contributed by atoms with van der Waals surface area (Å²) in [4.78, 5) is 11.8. The first-order chi connectivity index (χ1) is 9.77. The van der Waals surface area contributed by atoms with Gasteiger partial charge in [0.25, 0.3) is 15.0 Å². The van der Waals surface area contributed by atoms with Crippen LogP contribution in [0.1, 0.15) is 10.4 Å². The lowest BCUT2D eigenvalue weighted by Gasteiger charge is -2.07. The van der Waals surface area contributed by atoms with Crippen LogP contribution in [0.2, 0.25) is 5.02 Å². The van der Waals surface area contributed by atoms with E-state index in [9.17, 15) is 13.2 Å². The summed E-state index contributed by atoms with van der Waals surface area (Å²) in [6.45, 7) is 0. The molecule has 2 aromatic carbocycles. The molecule has 0 aliphatic rings. The molecule has 1 amide bonds. The highest BCUT2D eigenvalue weighted by Gasteiger charge is 2.15. The fourth-order valence-corrected chi connectivity index (χ4v) is 3.47. The van der Waals surface area contributed by atoms with Crippen LogP contribution in [0.4, 0.5) is 5.69 Å². The molecule has 0 aliphatic heterocycles. The maximum absolute atomic E-state index is 12.0. The average Bonchev–Trinajstić information content (AvgIpc) is 2.37. The van der Waals surface area contributed by atoms with Crippen LogP contribution in [0.5, 0.6) is 0 Å². The molecule has 0 aromatic heterocycles. The highest BCUT2D eigenvalue weighted by molar-refractivity contribution is 14.1. The molecule has 0 saturated heterocycles. The number of carbonyl (C=O) groups is 1. The van der Waals surface area contributed by atoms with Crippen LogP contribution in [0, 0.1) is 3.57 Å². The largest absolute Gasteiger partial charge is 0.322 e. The lowest BCUT2D eigenvalue weighted by atomic mass is 10.2. The quantitative estimate of drug-likeness (QED) is 0.559. The Morgan fingerprint density at radius 3 is 2.24 bits per heavy atom. The number of amides is 1. The second-order valence-electron chi connectivity index (χ2n) is 4.04. The molecular weight excluding hydrogens is 448 g/mol. The summed E-state index contributed by atoms with van der Waals surface area (Å²) in [5.74, 6) is -0.316. The first-order valence-corrected chi connectivity index (χ1v) is 9.35. The van der Waals surface area contributed by atoms with Gasteiger partial charge in [0.05, 0.1) is 5.02 Å². The van der Waals surface area contributed by atoms with Crippen molar-refractivity contribution in [3.63, 3.8) is 0 Å². The van der Waals surface area contributed by atoms with E-state index in [0.29, 0.717) is 11.3 Å². The number of rotatable bonds is 3. The summed E-state index contributed by atoms with van der Waals surface area (Å²) in [7, 11) is 1.32. The van der Waals surface area contributed by atoms with Gasteiger partial charge in [0, 0.05) is 25.5 Å². The summed E-state index contributed by atoms with van der Waals surface area (Å²) in [5.41, 5.74) is 0.869. The van der Waals surface area contributed by atoms with Crippen molar-refractivity contribution in [1.29, 1.82) is 0 Å². The van der Waals surface area contributed by atoms with E-state index in [2.05, 4.69) is 27.9 Å². The van der Waals surface area contributed by atoms with Crippen LogP contribution in [-0.4, -0.2) is 14.3 Å². The molecule has 0 unspecified atom stereocenters. The van der Waals surface area contributed by atoms with E-state index in [4.69, 9.17) is 22.3 Å². The third-order valence-electron chi connectivity index (χ3n) is 2.56. The molecule has 21 heavy (non-hydrogen) atoms. The molecule has 0 aliphatic carbocycles. The van der Waals surface area contributed by atoms with Crippen LogP contribution in [-0.2, 0) is 9.05 Å². The van der Waals surface area contributed by atoms with Crippen molar-refractivity contribution in [2.75, 3.05) is 5.32 Å². The van der Waals surface area contributed by atoms with Crippen molar-refractivity contribution in [1.82, 2.24) is 0 Å². The SMILES string of the molecule is O=C(Nc1ccc(S(=O)(=O)Cl)c(Cl)c1)c1ccc(I)cc1. The topological polar surface area (TPSA) is 63.2 Å². The number of halogens is 3. The second-order valence-corrected chi connectivity index (χ2v) is 8.23. The summed E-state index contributed by atoms with van der Waals surface area (Å²) >= 11 is 7.99. The average molecular weight is 456 g/mol. The molecule has 8 heteroatoms. The van der Waals surface area contributed by atoms with Crippen LogP contribution in [0.25, 0.3) is 0 Å². The van der Waals surface area contributed by atoms with E-state index in [-0.39, 0.29) is 15.8 Å². The number of nitrogens with one attached hydrogen (secondary N) is 1. The minimum atomic E-state index is -3.91. The molecule has 0 fully saturated rings. The van der Waals surface area contributed by atoms with E-state index in [1.54, 1.807) is 12.1 Å². The predicted molar refractivity (Wildman–Crippen MR) is 91.6 cm³/mol. The minimum Gasteiger partial charge on any atom is -0.322 e. The fraction of sp³-hybridized carbons (Fsp3) is 0. The molecule has 0 atom stereocenters. The Labute approximate surface area is 145 Å². The van der Waals surface area contributed by atoms with Crippen molar-refractivity contribution < 1.29 is 13.2 Å². The fourth-order valence-electron chi connectivity index (χ4n) is 1.58. The van der Waals surface area contributed by atoms with Crippen LogP contribution >= 0.6 is 44.9 Å². The van der Waals surface area contributed by atoms with E-state index >= 15 is 0 Å². The Morgan fingerprint density at radius 1 is 1.10 bits per heavy atom. The van der Waals surface area contributed by atoms with Gasteiger partial charge in [0.1, 0.15) is 4.90 Å². The normalized spacial score (nSPS) is 11.2. The molecule has 2 aromatic rings. The van der Waals surface area contributed by atoms with Crippen molar-refractivity contribution in [3.8, 4) is 0 Å². The highest BCUT2D eigenvalue weighted by atomic mass is 127. The molecule has 2 rings (SSSR count). The monoisotopic (exact) mass is 455 g/mol. The van der Waals surface area contributed by atoms with E-state index in [0.717, 1.165) is 3.57 Å². The van der Waals surface area contributed by atoms with E-state index in [1.165, 1.54) is 18.2 Å². The second kappa shape index (κ2) is 6.51. The van der Waals surface area contributed by atoms with Gasteiger partial charge < -0.3 is 5.32 Å². The Bertz CT molecular complexity index is 792. The first-order valence-electron chi connectivity index (χ1n) is 5.58. The van der Waals surface area contributed by atoms with Crippen LogP contribution in [0.15, 0.2) is 47.4 Å². The Balaban J connectivity index is 2.22. The van der Waals surface area contributed by atoms with E-state index < -0.39 is 9.05 Å². The third-order valence-corrected chi connectivity index (χ3v) is 5.08. The summed E-state index contributed by atoms with van der Waals surface area (Å²) in [5, 5.41) is 2.58. The summed E-state index contributed by atoms with van der Waals surface area (Å²) in [6.07, 6.45) is 0. The minimum absolute atomic E-state index is 0.0505. The van der Waals surface area contributed by atoms with E-state index in [1.807, 2.05) is 12.1 Å². The highest BCUT2D eigenvalue weighted by Crippen LogP contribution is 2.27. The van der Waals surface area contributed by atoms with Crippen molar-refractivity contribution in [3.05, 3.63) is 56.6 Å². The zero-order chi connectivity index (χ0) is 15.6. The van der Waals surface area contributed by atoms with Gasteiger partial charge in [-0.05, 0) is 65.1 Å².